The first kappa shape index (κ1) is 17.2. The maximum absolute atomic E-state index is 12.6. The number of rotatable bonds is 5. The molecule has 0 saturated carbocycles. The lowest BCUT2D eigenvalue weighted by molar-refractivity contribution is 0.102. The number of hydrogen-bond donors (Lipinski definition) is 2. The van der Waals surface area contributed by atoms with Crippen molar-refractivity contribution in [1.29, 1.82) is 0 Å². The molecule has 2 heterocycles. The van der Waals surface area contributed by atoms with Crippen molar-refractivity contribution in [2.45, 2.75) is 18.9 Å². The monoisotopic (exact) mass is 363 g/mol. The summed E-state index contributed by atoms with van der Waals surface area (Å²) in [5.74, 6) is 0.971. The Balaban J connectivity index is 1.48. The van der Waals surface area contributed by atoms with Crippen LogP contribution in [0.25, 0.3) is 0 Å². The largest absolute Gasteiger partial charge is 0.455 e. The maximum atomic E-state index is 12.6. The zero-order valence-electron chi connectivity index (χ0n) is 14.8. The molecule has 2 N–H and O–H groups in total. The Morgan fingerprint density at radius 3 is 2.63 bits per heavy atom. The second kappa shape index (κ2) is 8.01. The molecule has 1 amide bonds. The quantitative estimate of drug-likeness (QED) is 0.727. The van der Waals surface area contributed by atoms with E-state index < -0.39 is 0 Å². The van der Waals surface area contributed by atoms with Crippen LogP contribution >= 0.6 is 0 Å². The third-order valence-corrected chi connectivity index (χ3v) is 4.53. The van der Waals surface area contributed by atoms with Crippen LogP contribution in [-0.2, 0) is 0 Å². The highest BCUT2D eigenvalue weighted by Crippen LogP contribution is 2.29. The molecular weight excluding hydrogens is 342 g/mol. The first-order valence-corrected chi connectivity index (χ1v) is 9.05. The molecule has 0 aliphatic carbocycles. The minimum absolute atomic E-state index is 0.286. The predicted octanol–water partition coefficient (Wildman–Crippen LogP) is 3.25. The topological polar surface area (TPSA) is 81.1 Å². The highest BCUT2D eigenvalue weighted by molar-refractivity contribution is 6.03. The number of carbonyl (C=O) groups is 1. The van der Waals surface area contributed by atoms with Crippen LogP contribution in [0.15, 0.2) is 60.8 Å². The fourth-order valence-corrected chi connectivity index (χ4v) is 3.09. The molecule has 1 fully saturated rings. The molecule has 7 heteroatoms. The number of piperidine rings is 1. The summed E-state index contributed by atoms with van der Waals surface area (Å²) in [6.07, 6.45) is 3.68. The van der Waals surface area contributed by atoms with Gasteiger partial charge in [-0.1, -0.05) is 35.5 Å². The van der Waals surface area contributed by atoms with Crippen molar-refractivity contribution in [2.75, 3.05) is 18.4 Å². The normalized spacial score (nSPS) is 14.7. The van der Waals surface area contributed by atoms with Crippen molar-refractivity contribution >= 4 is 11.6 Å². The van der Waals surface area contributed by atoms with Gasteiger partial charge in [0.05, 0.1) is 17.9 Å². The number of ether oxygens (including phenoxy) is 1. The van der Waals surface area contributed by atoms with Gasteiger partial charge in [-0.2, -0.15) is 0 Å². The van der Waals surface area contributed by atoms with Crippen molar-refractivity contribution < 1.29 is 9.53 Å². The number of nitrogens with one attached hydrogen (secondary N) is 2. The molecule has 0 spiro atoms. The highest BCUT2D eigenvalue weighted by Gasteiger charge is 2.19. The molecule has 2 aromatic carbocycles. The highest BCUT2D eigenvalue weighted by atomic mass is 16.5. The molecular formula is C20H21N5O2. The summed E-state index contributed by atoms with van der Waals surface area (Å²) in [5.41, 5.74) is 0.880. The molecule has 0 unspecified atom stereocenters. The molecule has 27 heavy (non-hydrogen) atoms. The summed E-state index contributed by atoms with van der Waals surface area (Å²) in [4.78, 5) is 12.6. The van der Waals surface area contributed by atoms with Crippen molar-refractivity contribution in [1.82, 2.24) is 20.3 Å². The molecule has 3 aromatic rings. The molecule has 0 bridgehead atoms. The number of nitrogens with zero attached hydrogens (tertiary/aromatic N) is 3. The van der Waals surface area contributed by atoms with E-state index in [2.05, 4.69) is 20.9 Å². The second-order valence-electron chi connectivity index (χ2n) is 6.43. The molecule has 4 rings (SSSR count). The summed E-state index contributed by atoms with van der Waals surface area (Å²) in [6.45, 7) is 1.91. The third kappa shape index (κ3) is 4.15. The van der Waals surface area contributed by atoms with Gasteiger partial charge in [0.15, 0.2) is 11.4 Å². The summed E-state index contributed by atoms with van der Waals surface area (Å²) < 4.78 is 7.68. The summed E-state index contributed by atoms with van der Waals surface area (Å²) in [5, 5.41) is 14.4. The van der Waals surface area contributed by atoms with Crippen LogP contribution in [0, 0.1) is 0 Å². The molecule has 7 nitrogen and oxygen atoms in total. The van der Waals surface area contributed by atoms with Crippen LogP contribution in [0.4, 0.5) is 5.69 Å². The second-order valence-corrected chi connectivity index (χ2v) is 6.43. The maximum Gasteiger partial charge on any atom is 0.277 e. The Hall–Kier alpha value is -3.19. The van der Waals surface area contributed by atoms with Gasteiger partial charge in [0, 0.05) is 0 Å². The minimum atomic E-state index is -0.306. The van der Waals surface area contributed by atoms with Crippen molar-refractivity contribution in [3.05, 3.63) is 66.5 Å². The van der Waals surface area contributed by atoms with Crippen LogP contribution < -0.4 is 15.4 Å². The SMILES string of the molecule is O=C(Nc1ccccc1Oc1ccccc1)c1cn(C2CCNCC2)nn1. The van der Waals surface area contributed by atoms with Crippen molar-refractivity contribution in [2.24, 2.45) is 0 Å². The number of para-hydroxylation sites is 3. The van der Waals surface area contributed by atoms with Crippen LogP contribution in [0.5, 0.6) is 11.5 Å². The number of carbonyl (C=O) groups excluding carboxylic acids is 1. The Morgan fingerprint density at radius 2 is 1.81 bits per heavy atom. The van der Waals surface area contributed by atoms with Crippen LogP contribution in [0.2, 0.25) is 0 Å². The van der Waals surface area contributed by atoms with Gasteiger partial charge in [0.1, 0.15) is 5.75 Å². The molecule has 1 aromatic heterocycles. The molecule has 0 radical (unpaired) electrons. The molecule has 138 valence electrons. The van der Waals surface area contributed by atoms with Gasteiger partial charge in [0.25, 0.3) is 5.91 Å². The number of hydrogen-bond acceptors (Lipinski definition) is 5. The smallest absolute Gasteiger partial charge is 0.277 e. The lowest BCUT2D eigenvalue weighted by Gasteiger charge is -2.22. The molecule has 1 aliphatic heterocycles. The number of benzene rings is 2. The first-order chi connectivity index (χ1) is 13.3. The van der Waals surface area contributed by atoms with Crippen LogP contribution in [-0.4, -0.2) is 34.0 Å². The van der Waals surface area contributed by atoms with E-state index in [0.29, 0.717) is 22.9 Å². The van der Waals surface area contributed by atoms with Crippen molar-refractivity contribution in [3.63, 3.8) is 0 Å². The van der Waals surface area contributed by atoms with Gasteiger partial charge in [-0.25, -0.2) is 4.68 Å². The Morgan fingerprint density at radius 1 is 1.07 bits per heavy atom. The number of anilines is 1. The van der Waals surface area contributed by atoms with E-state index >= 15 is 0 Å². The van der Waals surface area contributed by atoms with E-state index in [1.54, 1.807) is 16.9 Å². The first-order valence-electron chi connectivity index (χ1n) is 9.05. The zero-order valence-corrected chi connectivity index (χ0v) is 14.8. The Bertz CT molecular complexity index is 904. The third-order valence-electron chi connectivity index (χ3n) is 4.53. The summed E-state index contributed by atoms with van der Waals surface area (Å²) >= 11 is 0. The zero-order chi connectivity index (χ0) is 18.5. The lowest BCUT2D eigenvalue weighted by atomic mass is 10.1. The average molecular weight is 363 g/mol. The standard InChI is InChI=1S/C20H21N5O2/c26-20(18-14-25(24-23-18)15-10-12-21-13-11-15)22-17-8-4-5-9-19(17)27-16-6-2-1-3-7-16/h1-9,14-15,21H,10-13H2,(H,22,26). The minimum Gasteiger partial charge on any atom is -0.455 e. The van der Waals surface area contributed by atoms with Gasteiger partial charge in [-0.3, -0.25) is 4.79 Å². The number of amides is 1. The lowest BCUT2D eigenvalue weighted by Crippen LogP contribution is -2.29. The fraction of sp³-hybridized carbons (Fsp3) is 0.250. The van der Waals surface area contributed by atoms with Gasteiger partial charge in [-0.15, -0.1) is 5.10 Å². The average Bonchev–Trinajstić information content (AvgIpc) is 3.21. The van der Waals surface area contributed by atoms with Gasteiger partial charge in [0.2, 0.25) is 0 Å². The van der Waals surface area contributed by atoms with E-state index in [0.717, 1.165) is 25.9 Å². The Kier molecular flexibility index (Phi) is 5.11. The van der Waals surface area contributed by atoms with Crippen molar-refractivity contribution in [3.8, 4) is 11.5 Å². The van der Waals surface area contributed by atoms with E-state index in [9.17, 15) is 4.79 Å². The van der Waals surface area contributed by atoms with E-state index in [1.165, 1.54) is 0 Å². The fourth-order valence-electron chi connectivity index (χ4n) is 3.09. The molecule has 1 saturated heterocycles. The van der Waals surface area contributed by atoms with Crippen LogP contribution in [0.3, 0.4) is 0 Å². The van der Waals surface area contributed by atoms with E-state index in [1.807, 2.05) is 48.5 Å². The van der Waals surface area contributed by atoms with Gasteiger partial charge in [-0.05, 0) is 50.2 Å². The summed E-state index contributed by atoms with van der Waals surface area (Å²) in [7, 11) is 0. The van der Waals surface area contributed by atoms with E-state index in [4.69, 9.17) is 4.74 Å². The van der Waals surface area contributed by atoms with Gasteiger partial charge >= 0.3 is 0 Å². The molecule has 1 aliphatic rings. The van der Waals surface area contributed by atoms with Crippen LogP contribution in [0.1, 0.15) is 29.4 Å². The van der Waals surface area contributed by atoms with E-state index in [-0.39, 0.29) is 11.9 Å². The predicted molar refractivity (Wildman–Crippen MR) is 102 cm³/mol. The Labute approximate surface area is 157 Å². The number of aromatic nitrogens is 3. The van der Waals surface area contributed by atoms with Gasteiger partial charge < -0.3 is 15.4 Å². The molecule has 0 atom stereocenters. The summed E-state index contributed by atoms with van der Waals surface area (Å²) in [6, 6.07) is 17.1.